The summed E-state index contributed by atoms with van der Waals surface area (Å²) in [5.41, 5.74) is 2.41. The predicted molar refractivity (Wildman–Crippen MR) is 72.2 cm³/mol. The van der Waals surface area contributed by atoms with E-state index in [1.165, 1.54) is 12.0 Å². The summed E-state index contributed by atoms with van der Waals surface area (Å²) in [6.07, 6.45) is 1.19. The lowest BCUT2D eigenvalue weighted by Gasteiger charge is -2.11. The van der Waals surface area contributed by atoms with Gasteiger partial charge in [0.15, 0.2) is 0 Å². The zero-order chi connectivity index (χ0) is 12.0. The lowest BCUT2D eigenvalue weighted by atomic mass is 10.2. The molecule has 0 saturated heterocycles. The van der Waals surface area contributed by atoms with Crippen molar-refractivity contribution in [3.05, 3.63) is 23.4 Å². The van der Waals surface area contributed by atoms with Crippen molar-refractivity contribution >= 4 is 11.8 Å². The van der Waals surface area contributed by atoms with Gasteiger partial charge in [0.1, 0.15) is 0 Å². The van der Waals surface area contributed by atoms with Gasteiger partial charge in [-0.3, -0.25) is 0 Å². The Balaban J connectivity index is 2.37. The normalized spacial score (nSPS) is 12.8. The molecule has 1 atom stereocenters. The maximum absolute atomic E-state index is 4.52. The van der Waals surface area contributed by atoms with E-state index in [0.29, 0.717) is 6.04 Å². The van der Waals surface area contributed by atoms with Gasteiger partial charge in [0, 0.05) is 17.5 Å². The van der Waals surface area contributed by atoms with E-state index in [1.807, 2.05) is 11.8 Å². The topological polar surface area (TPSA) is 24.9 Å². The zero-order valence-electron chi connectivity index (χ0n) is 10.7. The molecule has 2 nitrogen and oxygen atoms in total. The van der Waals surface area contributed by atoms with Crippen LogP contribution < -0.4 is 5.32 Å². The first-order valence-electron chi connectivity index (χ1n) is 5.93. The summed E-state index contributed by atoms with van der Waals surface area (Å²) in [5.74, 6) is 1.13. The van der Waals surface area contributed by atoms with Crippen molar-refractivity contribution in [1.29, 1.82) is 0 Å². The van der Waals surface area contributed by atoms with Gasteiger partial charge in [0.2, 0.25) is 0 Å². The highest BCUT2D eigenvalue weighted by molar-refractivity contribution is 7.99. The zero-order valence-corrected chi connectivity index (χ0v) is 11.5. The van der Waals surface area contributed by atoms with Crippen LogP contribution in [-0.2, 0) is 0 Å². The number of aryl methyl sites for hydroxylation is 2. The highest BCUT2D eigenvalue weighted by Gasteiger charge is 2.02. The number of thioether (sulfide) groups is 1. The summed E-state index contributed by atoms with van der Waals surface area (Å²) >= 11 is 1.85. The molecule has 0 fully saturated rings. The van der Waals surface area contributed by atoms with E-state index in [4.69, 9.17) is 0 Å². The van der Waals surface area contributed by atoms with Crippen molar-refractivity contribution in [2.75, 3.05) is 12.3 Å². The fraction of sp³-hybridized carbons (Fsp3) is 0.615. The van der Waals surface area contributed by atoms with Gasteiger partial charge in [0.05, 0.1) is 5.03 Å². The fourth-order valence-electron chi connectivity index (χ4n) is 1.67. The molecule has 0 aromatic carbocycles. The van der Waals surface area contributed by atoms with Crippen molar-refractivity contribution < 1.29 is 0 Å². The summed E-state index contributed by atoms with van der Waals surface area (Å²) in [6.45, 7) is 9.61. The first kappa shape index (κ1) is 13.5. The SMILES string of the molecule is CCNC(C)CCSc1cc(C)cc(C)n1. The number of pyridine rings is 1. The molecular formula is C13H22N2S. The van der Waals surface area contributed by atoms with E-state index >= 15 is 0 Å². The van der Waals surface area contributed by atoms with Crippen LogP contribution in [0.2, 0.25) is 0 Å². The Labute approximate surface area is 103 Å². The maximum atomic E-state index is 4.52. The lowest BCUT2D eigenvalue weighted by Crippen LogP contribution is -2.25. The molecule has 1 unspecified atom stereocenters. The summed E-state index contributed by atoms with van der Waals surface area (Å²) in [5, 5.41) is 4.57. The smallest absolute Gasteiger partial charge is 0.0965 e. The van der Waals surface area contributed by atoms with Gasteiger partial charge in [-0.15, -0.1) is 11.8 Å². The molecule has 1 aromatic heterocycles. The van der Waals surface area contributed by atoms with Crippen LogP contribution in [0.5, 0.6) is 0 Å². The van der Waals surface area contributed by atoms with Gasteiger partial charge in [-0.25, -0.2) is 4.98 Å². The molecule has 0 aliphatic rings. The van der Waals surface area contributed by atoms with Crippen LogP contribution in [0.3, 0.4) is 0 Å². The molecule has 0 aliphatic carbocycles. The molecule has 1 N–H and O–H groups in total. The van der Waals surface area contributed by atoms with E-state index < -0.39 is 0 Å². The monoisotopic (exact) mass is 238 g/mol. The average Bonchev–Trinajstić information content (AvgIpc) is 2.16. The van der Waals surface area contributed by atoms with E-state index in [1.54, 1.807) is 0 Å². The lowest BCUT2D eigenvalue weighted by molar-refractivity contribution is 0.556. The highest BCUT2D eigenvalue weighted by Crippen LogP contribution is 2.18. The molecule has 0 aliphatic heterocycles. The van der Waals surface area contributed by atoms with E-state index in [-0.39, 0.29) is 0 Å². The van der Waals surface area contributed by atoms with Crippen molar-refractivity contribution in [3.63, 3.8) is 0 Å². The standard InChI is InChI=1S/C13H22N2S/c1-5-14-11(3)6-7-16-13-9-10(2)8-12(4)15-13/h8-9,11,14H,5-7H2,1-4H3. The molecule has 0 bridgehead atoms. The Morgan fingerprint density at radius 1 is 1.38 bits per heavy atom. The Hall–Kier alpha value is -0.540. The molecule has 0 radical (unpaired) electrons. The molecule has 0 amide bonds. The van der Waals surface area contributed by atoms with Crippen molar-refractivity contribution in [3.8, 4) is 0 Å². The number of nitrogens with one attached hydrogen (secondary N) is 1. The number of hydrogen-bond acceptors (Lipinski definition) is 3. The molecule has 1 rings (SSSR count). The first-order chi connectivity index (χ1) is 7.61. The Morgan fingerprint density at radius 2 is 2.12 bits per heavy atom. The van der Waals surface area contributed by atoms with Gasteiger partial charge in [-0.2, -0.15) is 0 Å². The van der Waals surface area contributed by atoms with E-state index in [2.05, 4.69) is 50.1 Å². The van der Waals surface area contributed by atoms with Crippen LogP contribution in [0.1, 0.15) is 31.5 Å². The number of hydrogen-bond donors (Lipinski definition) is 1. The summed E-state index contributed by atoms with van der Waals surface area (Å²) < 4.78 is 0. The van der Waals surface area contributed by atoms with Crippen molar-refractivity contribution in [2.24, 2.45) is 0 Å². The molecule has 3 heteroatoms. The van der Waals surface area contributed by atoms with Gasteiger partial charge < -0.3 is 5.32 Å². The second-order valence-corrected chi connectivity index (χ2v) is 5.34. The molecule has 0 spiro atoms. The van der Waals surface area contributed by atoms with Crippen LogP contribution in [0.15, 0.2) is 17.2 Å². The highest BCUT2D eigenvalue weighted by atomic mass is 32.2. The summed E-state index contributed by atoms with van der Waals surface area (Å²) in [7, 11) is 0. The van der Waals surface area contributed by atoms with Gasteiger partial charge in [-0.1, -0.05) is 6.92 Å². The first-order valence-corrected chi connectivity index (χ1v) is 6.92. The quantitative estimate of drug-likeness (QED) is 0.771. The van der Waals surface area contributed by atoms with Crippen LogP contribution in [0, 0.1) is 13.8 Å². The summed E-state index contributed by atoms with van der Waals surface area (Å²) in [4.78, 5) is 4.52. The van der Waals surface area contributed by atoms with E-state index in [0.717, 1.165) is 23.0 Å². The number of rotatable bonds is 6. The minimum atomic E-state index is 0.600. The summed E-state index contributed by atoms with van der Waals surface area (Å²) in [6, 6.07) is 4.88. The molecule has 0 saturated carbocycles. The third-order valence-electron chi connectivity index (χ3n) is 2.43. The molecule has 1 aromatic rings. The second kappa shape index (κ2) is 6.92. The Bertz CT molecular complexity index is 305. The van der Waals surface area contributed by atoms with Crippen LogP contribution in [-0.4, -0.2) is 23.3 Å². The third kappa shape index (κ3) is 4.99. The molecule has 16 heavy (non-hydrogen) atoms. The molecule has 1 heterocycles. The number of nitrogens with zero attached hydrogens (tertiary/aromatic N) is 1. The van der Waals surface area contributed by atoms with Crippen LogP contribution >= 0.6 is 11.8 Å². The average molecular weight is 238 g/mol. The minimum Gasteiger partial charge on any atom is -0.315 e. The maximum Gasteiger partial charge on any atom is 0.0965 e. The molecule has 90 valence electrons. The largest absolute Gasteiger partial charge is 0.315 e. The fourth-order valence-corrected chi connectivity index (χ4v) is 2.83. The van der Waals surface area contributed by atoms with Crippen molar-refractivity contribution in [2.45, 2.75) is 45.2 Å². The third-order valence-corrected chi connectivity index (χ3v) is 3.37. The number of aromatic nitrogens is 1. The van der Waals surface area contributed by atoms with Crippen LogP contribution in [0.4, 0.5) is 0 Å². The second-order valence-electron chi connectivity index (χ2n) is 4.22. The molecular weight excluding hydrogens is 216 g/mol. The Kier molecular flexibility index (Phi) is 5.85. The van der Waals surface area contributed by atoms with Gasteiger partial charge >= 0.3 is 0 Å². The van der Waals surface area contributed by atoms with Gasteiger partial charge in [-0.05, 0) is 51.4 Å². The van der Waals surface area contributed by atoms with Crippen molar-refractivity contribution in [1.82, 2.24) is 10.3 Å². The van der Waals surface area contributed by atoms with Gasteiger partial charge in [0.25, 0.3) is 0 Å². The van der Waals surface area contributed by atoms with E-state index in [9.17, 15) is 0 Å². The predicted octanol–water partition coefficient (Wildman–Crippen LogP) is 3.18. The Morgan fingerprint density at radius 3 is 2.75 bits per heavy atom. The minimum absolute atomic E-state index is 0.600. The van der Waals surface area contributed by atoms with Crippen LogP contribution in [0.25, 0.3) is 0 Å².